The van der Waals surface area contributed by atoms with Crippen molar-refractivity contribution >= 4 is 23.5 Å². The van der Waals surface area contributed by atoms with Crippen LogP contribution in [0.15, 0.2) is 24.3 Å². The van der Waals surface area contributed by atoms with Crippen molar-refractivity contribution in [2.45, 2.75) is 90.4 Å². The minimum atomic E-state index is -0.131. The van der Waals surface area contributed by atoms with Crippen molar-refractivity contribution in [2.75, 3.05) is 13.2 Å². The smallest absolute Gasteiger partial charge is 0.305 e. The molecule has 0 aliphatic heterocycles. The van der Waals surface area contributed by atoms with Crippen LogP contribution in [0.2, 0.25) is 5.02 Å². The summed E-state index contributed by atoms with van der Waals surface area (Å²) < 4.78 is 10.5. The third-order valence-electron chi connectivity index (χ3n) is 4.82. The summed E-state index contributed by atoms with van der Waals surface area (Å²) in [5.74, 6) is -0.198. The summed E-state index contributed by atoms with van der Waals surface area (Å²) in [6.07, 6.45) is 12.2. The summed E-state index contributed by atoms with van der Waals surface area (Å²) >= 11 is 5.94. The molecule has 0 heterocycles. The second kappa shape index (κ2) is 17.3. The monoisotopic (exact) mass is 424 g/mol. The van der Waals surface area contributed by atoms with E-state index in [2.05, 4.69) is 6.92 Å². The van der Waals surface area contributed by atoms with Gasteiger partial charge in [-0.15, -0.1) is 0 Å². The molecule has 29 heavy (non-hydrogen) atoms. The number of esters is 2. The first-order valence-corrected chi connectivity index (χ1v) is 11.5. The molecular formula is C24H37ClO4. The van der Waals surface area contributed by atoms with E-state index in [0.717, 1.165) is 56.9 Å². The number of unbranched alkanes of at least 4 members (excludes halogenated alkanes) is 8. The van der Waals surface area contributed by atoms with Gasteiger partial charge in [0.15, 0.2) is 0 Å². The molecule has 0 atom stereocenters. The number of hydrogen-bond acceptors (Lipinski definition) is 4. The Kier molecular flexibility index (Phi) is 15.2. The van der Waals surface area contributed by atoms with E-state index >= 15 is 0 Å². The molecule has 0 unspecified atom stereocenters. The maximum Gasteiger partial charge on any atom is 0.305 e. The molecule has 5 heteroatoms. The van der Waals surface area contributed by atoms with Gasteiger partial charge >= 0.3 is 11.9 Å². The first-order valence-electron chi connectivity index (χ1n) is 11.2. The molecule has 164 valence electrons. The highest BCUT2D eigenvalue weighted by molar-refractivity contribution is 6.30. The third kappa shape index (κ3) is 15.0. The van der Waals surface area contributed by atoms with Gasteiger partial charge in [-0.3, -0.25) is 9.59 Å². The third-order valence-corrected chi connectivity index (χ3v) is 5.05. The van der Waals surface area contributed by atoms with Crippen LogP contribution < -0.4 is 0 Å². The van der Waals surface area contributed by atoms with E-state index in [0.29, 0.717) is 37.5 Å². The Hall–Kier alpha value is -1.55. The van der Waals surface area contributed by atoms with E-state index in [1.807, 2.05) is 24.3 Å². The highest BCUT2D eigenvalue weighted by Crippen LogP contribution is 2.12. The molecule has 0 amide bonds. The average Bonchev–Trinajstić information content (AvgIpc) is 2.70. The molecule has 0 aliphatic rings. The summed E-state index contributed by atoms with van der Waals surface area (Å²) in [5, 5.41) is 0.702. The second-order valence-electron chi connectivity index (χ2n) is 7.50. The standard InChI is InChI=1S/C24H37ClO4/c1-2-3-4-11-18-28-23(26)15-9-7-5-6-8-10-16-24(27)29-19-17-21-13-12-14-22(25)20-21/h12-14,20H,2-11,15-19H2,1H3. The average molecular weight is 425 g/mol. The SMILES string of the molecule is CCCCCCOC(=O)CCCCCCCCC(=O)OCCc1cccc(Cl)c1. The van der Waals surface area contributed by atoms with Crippen molar-refractivity contribution in [1.82, 2.24) is 0 Å². The van der Waals surface area contributed by atoms with Crippen LogP contribution in [0.3, 0.4) is 0 Å². The van der Waals surface area contributed by atoms with E-state index in [1.165, 1.54) is 12.8 Å². The van der Waals surface area contributed by atoms with Gasteiger partial charge in [0.25, 0.3) is 0 Å². The number of hydrogen-bond donors (Lipinski definition) is 0. The highest BCUT2D eigenvalue weighted by atomic mass is 35.5. The van der Waals surface area contributed by atoms with E-state index < -0.39 is 0 Å². The van der Waals surface area contributed by atoms with Crippen LogP contribution in [0.25, 0.3) is 0 Å². The molecule has 0 N–H and O–H groups in total. The minimum Gasteiger partial charge on any atom is -0.466 e. The van der Waals surface area contributed by atoms with Crippen LogP contribution in [-0.4, -0.2) is 25.2 Å². The molecule has 0 aromatic heterocycles. The second-order valence-corrected chi connectivity index (χ2v) is 7.94. The van der Waals surface area contributed by atoms with Crippen molar-refractivity contribution in [1.29, 1.82) is 0 Å². The van der Waals surface area contributed by atoms with Crippen molar-refractivity contribution in [3.8, 4) is 0 Å². The fourth-order valence-corrected chi connectivity index (χ4v) is 3.29. The lowest BCUT2D eigenvalue weighted by molar-refractivity contribution is -0.144. The van der Waals surface area contributed by atoms with Crippen molar-refractivity contribution in [3.63, 3.8) is 0 Å². The van der Waals surface area contributed by atoms with Gasteiger partial charge in [0.2, 0.25) is 0 Å². The zero-order valence-corrected chi connectivity index (χ0v) is 18.7. The molecule has 0 radical (unpaired) electrons. The maximum absolute atomic E-state index is 11.8. The number of rotatable bonds is 17. The maximum atomic E-state index is 11.8. The molecule has 4 nitrogen and oxygen atoms in total. The summed E-state index contributed by atoms with van der Waals surface area (Å²) in [7, 11) is 0. The lowest BCUT2D eigenvalue weighted by Gasteiger charge is -2.06. The van der Waals surface area contributed by atoms with Crippen molar-refractivity contribution < 1.29 is 19.1 Å². The Bertz CT molecular complexity index is 574. The number of halogens is 1. The Morgan fingerprint density at radius 3 is 2.00 bits per heavy atom. The lowest BCUT2D eigenvalue weighted by Crippen LogP contribution is -2.07. The van der Waals surface area contributed by atoms with Gasteiger partial charge in [-0.25, -0.2) is 0 Å². The molecule has 0 spiro atoms. The lowest BCUT2D eigenvalue weighted by atomic mass is 10.1. The van der Waals surface area contributed by atoms with Gasteiger partial charge in [0.1, 0.15) is 0 Å². The summed E-state index contributed by atoms with van der Waals surface area (Å²) in [6, 6.07) is 7.60. The van der Waals surface area contributed by atoms with Gasteiger partial charge < -0.3 is 9.47 Å². The largest absolute Gasteiger partial charge is 0.466 e. The molecule has 0 aliphatic carbocycles. The van der Waals surface area contributed by atoms with Crippen molar-refractivity contribution in [3.05, 3.63) is 34.9 Å². The van der Waals surface area contributed by atoms with Crippen LogP contribution in [-0.2, 0) is 25.5 Å². The normalized spacial score (nSPS) is 10.7. The molecule has 0 fully saturated rings. The summed E-state index contributed by atoms with van der Waals surface area (Å²) in [4.78, 5) is 23.4. The van der Waals surface area contributed by atoms with Gasteiger partial charge in [-0.1, -0.05) is 75.6 Å². The highest BCUT2D eigenvalue weighted by Gasteiger charge is 2.04. The minimum absolute atomic E-state index is 0.0676. The van der Waals surface area contributed by atoms with Crippen molar-refractivity contribution in [2.24, 2.45) is 0 Å². The number of carbonyl (C=O) groups is 2. The van der Waals surface area contributed by atoms with Gasteiger partial charge in [-0.05, 0) is 37.0 Å². The quantitative estimate of drug-likeness (QED) is 0.207. The molecule has 0 bridgehead atoms. The first kappa shape index (κ1) is 25.5. The van der Waals surface area contributed by atoms with Crippen LogP contribution >= 0.6 is 11.6 Å². The molecule has 0 saturated heterocycles. The summed E-state index contributed by atoms with van der Waals surface area (Å²) in [5.41, 5.74) is 1.07. The number of benzene rings is 1. The fourth-order valence-electron chi connectivity index (χ4n) is 3.08. The molecule has 0 saturated carbocycles. The Morgan fingerprint density at radius 1 is 0.793 bits per heavy atom. The van der Waals surface area contributed by atoms with E-state index in [4.69, 9.17) is 21.1 Å². The van der Waals surface area contributed by atoms with Gasteiger partial charge in [0.05, 0.1) is 13.2 Å². The van der Waals surface area contributed by atoms with Crippen LogP contribution in [0.1, 0.15) is 89.5 Å². The topological polar surface area (TPSA) is 52.6 Å². The van der Waals surface area contributed by atoms with E-state index in [1.54, 1.807) is 0 Å². The summed E-state index contributed by atoms with van der Waals surface area (Å²) in [6.45, 7) is 3.13. The van der Waals surface area contributed by atoms with E-state index in [9.17, 15) is 9.59 Å². The van der Waals surface area contributed by atoms with Gasteiger partial charge in [-0.2, -0.15) is 0 Å². The zero-order chi connectivity index (χ0) is 21.2. The molecule has 1 aromatic rings. The number of ether oxygens (including phenoxy) is 2. The zero-order valence-electron chi connectivity index (χ0n) is 17.9. The van der Waals surface area contributed by atoms with E-state index in [-0.39, 0.29) is 11.9 Å². The van der Waals surface area contributed by atoms with Crippen LogP contribution in [0.4, 0.5) is 0 Å². The Labute approximate surface area is 181 Å². The molecule has 1 rings (SSSR count). The van der Waals surface area contributed by atoms with Crippen LogP contribution in [0.5, 0.6) is 0 Å². The van der Waals surface area contributed by atoms with Gasteiger partial charge in [0, 0.05) is 24.3 Å². The Balaban J connectivity index is 1.87. The first-order chi connectivity index (χ1) is 14.1. The Morgan fingerprint density at radius 2 is 1.38 bits per heavy atom. The molecular weight excluding hydrogens is 388 g/mol. The predicted molar refractivity (Wildman–Crippen MR) is 118 cm³/mol. The molecule has 1 aromatic carbocycles. The van der Waals surface area contributed by atoms with Crippen LogP contribution in [0, 0.1) is 0 Å². The number of carbonyl (C=O) groups excluding carboxylic acids is 2. The predicted octanol–water partition coefficient (Wildman–Crippen LogP) is 6.67. The fraction of sp³-hybridized carbons (Fsp3) is 0.667.